The van der Waals surface area contributed by atoms with Gasteiger partial charge in [-0.05, 0) is 20.3 Å². The van der Waals surface area contributed by atoms with Gasteiger partial charge in [0.2, 0.25) is 5.91 Å². The Labute approximate surface area is 107 Å². The second kappa shape index (κ2) is 5.66. The monoisotopic (exact) mass is 249 g/mol. The van der Waals surface area contributed by atoms with Crippen LogP contribution in [0.3, 0.4) is 0 Å². The van der Waals surface area contributed by atoms with E-state index in [1.807, 2.05) is 13.8 Å². The van der Waals surface area contributed by atoms with Crippen molar-refractivity contribution in [3.05, 3.63) is 11.9 Å². The van der Waals surface area contributed by atoms with Crippen molar-refractivity contribution in [2.45, 2.75) is 32.7 Å². The zero-order valence-corrected chi connectivity index (χ0v) is 10.8. The molecule has 0 saturated carbocycles. The molecule has 3 N–H and O–H groups in total. The zero-order valence-electron chi connectivity index (χ0n) is 10.8. The van der Waals surface area contributed by atoms with Gasteiger partial charge in [-0.25, -0.2) is 9.97 Å². The molecule has 98 valence electrons. The summed E-state index contributed by atoms with van der Waals surface area (Å²) in [4.78, 5) is 19.6. The van der Waals surface area contributed by atoms with Crippen LogP contribution in [0.4, 0.5) is 11.6 Å². The van der Waals surface area contributed by atoms with E-state index in [0.29, 0.717) is 13.0 Å². The first kappa shape index (κ1) is 12.6. The molecule has 0 spiro atoms. The van der Waals surface area contributed by atoms with Crippen molar-refractivity contribution in [1.29, 1.82) is 0 Å². The minimum Gasteiger partial charge on any atom is -0.370 e. The zero-order chi connectivity index (χ0) is 13.0. The third-order valence-corrected chi connectivity index (χ3v) is 3.03. The molecule has 1 atom stereocenters. The molecule has 1 aliphatic heterocycles. The number of rotatable bonds is 4. The molecule has 1 saturated heterocycles. The van der Waals surface area contributed by atoms with Crippen LogP contribution in [0.2, 0.25) is 0 Å². The summed E-state index contributed by atoms with van der Waals surface area (Å²) in [7, 11) is 0. The third kappa shape index (κ3) is 2.88. The van der Waals surface area contributed by atoms with Gasteiger partial charge in [-0.3, -0.25) is 4.79 Å². The summed E-state index contributed by atoms with van der Waals surface area (Å²) in [6, 6.07) is 0.241. The van der Waals surface area contributed by atoms with E-state index in [9.17, 15) is 4.79 Å². The highest BCUT2D eigenvalue weighted by atomic mass is 16.1. The molecule has 1 fully saturated rings. The SMILES string of the molecule is CCNc1ncnc(NC2CCC(=O)NC2)c1C. The summed E-state index contributed by atoms with van der Waals surface area (Å²) in [5.41, 5.74) is 1.01. The van der Waals surface area contributed by atoms with Crippen LogP contribution in [-0.4, -0.2) is 35.0 Å². The number of nitrogens with one attached hydrogen (secondary N) is 3. The molecule has 6 heteroatoms. The lowest BCUT2D eigenvalue weighted by Gasteiger charge is -2.24. The fraction of sp³-hybridized carbons (Fsp3) is 0.583. The first-order chi connectivity index (χ1) is 8.70. The molecule has 0 bridgehead atoms. The molecular formula is C12H19N5O. The first-order valence-electron chi connectivity index (χ1n) is 6.29. The minimum atomic E-state index is 0.126. The van der Waals surface area contributed by atoms with Crippen LogP contribution in [-0.2, 0) is 4.79 Å². The van der Waals surface area contributed by atoms with Gasteiger partial charge in [0, 0.05) is 31.1 Å². The van der Waals surface area contributed by atoms with E-state index in [1.54, 1.807) is 6.33 Å². The number of hydrogen-bond acceptors (Lipinski definition) is 5. The summed E-state index contributed by atoms with van der Waals surface area (Å²) >= 11 is 0. The van der Waals surface area contributed by atoms with Gasteiger partial charge in [-0.15, -0.1) is 0 Å². The molecule has 6 nitrogen and oxygen atoms in total. The highest BCUT2D eigenvalue weighted by molar-refractivity contribution is 5.77. The van der Waals surface area contributed by atoms with E-state index in [-0.39, 0.29) is 11.9 Å². The van der Waals surface area contributed by atoms with Crippen LogP contribution in [0.15, 0.2) is 6.33 Å². The Balaban J connectivity index is 2.04. The number of anilines is 2. The Bertz CT molecular complexity index is 424. The number of carbonyl (C=O) groups is 1. The Morgan fingerprint density at radius 3 is 2.89 bits per heavy atom. The van der Waals surface area contributed by atoms with Crippen molar-refractivity contribution in [2.75, 3.05) is 23.7 Å². The molecule has 18 heavy (non-hydrogen) atoms. The summed E-state index contributed by atoms with van der Waals surface area (Å²) in [6.45, 7) is 5.50. The second-order valence-electron chi connectivity index (χ2n) is 4.41. The van der Waals surface area contributed by atoms with Crippen LogP contribution in [0.5, 0.6) is 0 Å². The summed E-state index contributed by atoms with van der Waals surface area (Å²) in [6.07, 6.45) is 2.96. The van der Waals surface area contributed by atoms with Crippen molar-refractivity contribution < 1.29 is 4.79 Å². The Kier molecular flexibility index (Phi) is 3.96. The lowest BCUT2D eigenvalue weighted by atomic mass is 10.1. The number of piperidine rings is 1. The van der Waals surface area contributed by atoms with Crippen molar-refractivity contribution in [3.63, 3.8) is 0 Å². The van der Waals surface area contributed by atoms with E-state index < -0.39 is 0 Å². The average molecular weight is 249 g/mol. The van der Waals surface area contributed by atoms with Crippen molar-refractivity contribution in [2.24, 2.45) is 0 Å². The number of hydrogen-bond donors (Lipinski definition) is 3. The maximum Gasteiger partial charge on any atom is 0.220 e. The molecular weight excluding hydrogens is 230 g/mol. The van der Waals surface area contributed by atoms with Gasteiger partial charge in [0.05, 0.1) is 0 Å². The molecule has 2 heterocycles. The van der Waals surface area contributed by atoms with Gasteiger partial charge in [-0.1, -0.05) is 0 Å². The topological polar surface area (TPSA) is 78.9 Å². The predicted octanol–water partition coefficient (Wildman–Crippen LogP) is 0.907. The smallest absolute Gasteiger partial charge is 0.220 e. The molecule has 2 rings (SSSR count). The number of amides is 1. The average Bonchev–Trinajstić information content (AvgIpc) is 2.37. The highest BCUT2D eigenvalue weighted by Gasteiger charge is 2.19. The summed E-state index contributed by atoms with van der Waals surface area (Å²) in [5.74, 6) is 1.82. The Hall–Kier alpha value is -1.85. The fourth-order valence-corrected chi connectivity index (χ4v) is 1.99. The van der Waals surface area contributed by atoms with Gasteiger partial charge in [0.25, 0.3) is 0 Å². The quantitative estimate of drug-likeness (QED) is 0.739. The molecule has 0 aromatic carbocycles. The molecule has 1 aromatic rings. The molecule has 1 unspecified atom stereocenters. The fourth-order valence-electron chi connectivity index (χ4n) is 1.99. The van der Waals surface area contributed by atoms with Gasteiger partial charge >= 0.3 is 0 Å². The van der Waals surface area contributed by atoms with E-state index in [0.717, 1.165) is 30.2 Å². The van der Waals surface area contributed by atoms with Crippen molar-refractivity contribution >= 4 is 17.5 Å². The Morgan fingerprint density at radius 2 is 2.22 bits per heavy atom. The van der Waals surface area contributed by atoms with E-state index in [4.69, 9.17) is 0 Å². The summed E-state index contributed by atoms with van der Waals surface area (Å²) in [5, 5.41) is 9.41. The second-order valence-corrected chi connectivity index (χ2v) is 4.41. The van der Waals surface area contributed by atoms with Crippen molar-refractivity contribution in [1.82, 2.24) is 15.3 Å². The normalized spacial score (nSPS) is 19.2. The molecule has 1 aromatic heterocycles. The maximum absolute atomic E-state index is 11.1. The summed E-state index contributed by atoms with van der Waals surface area (Å²) < 4.78 is 0. The van der Waals surface area contributed by atoms with E-state index >= 15 is 0 Å². The van der Waals surface area contributed by atoms with Crippen LogP contribution in [0.25, 0.3) is 0 Å². The predicted molar refractivity (Wildman–Crippen MR) is 70.6 cm³/mol. The minimum absolute atomic E-state index is 0.126. The van der Waals surface area contributed by atoms with Crippen LogP contribution in [0.1, 0.15) is 25.3 Å². The van der Waals surface area contributed by atoms with Gasteiger partial charge in [0.15, 0.2) is 0 Å². The van der Waals surface area contributed by atoms with Crippen molar-refractivity contribution in [3.8, 4) is 0 Å². The van der Waals surface area contributed by atoms with E-state index in [2.05, 4.69) is 25.9 Å². The lowest BCUT2D eigenvalue weighted by molar-refractivity contribution is -0.122. The van der Waals surface area contributed by atoms with Crippen LogP contribution in [0, 0.1) is 6.92 Å². The number of nitrogens with zero attached hydrogens (tertiary/aromatic N) is 2. The van der Waals surface area contributed by atoms with Crippen LogP contribution < -0.4 is 16.0 Å². The van der Waals surface area contributed by atoms with Gasteiger partial charge in [-0.2, -0.15) is 0 Å². The van der Waals surface area contributed by atoms with E-state index in [1.165, 1.54) is 0 Å². The highest BCUT2D eigenvalue weighted by Crippen LogP contribution is 2.20. The Morgan fingerprint density at radius 1 is 1.44 bits per heavy atom. The molecule has 1 amide bonds. The third-order valence-electron chi connectivity index (χ3n) is 3.03. The maximum atomic E-state index is 11.1. The number of aromatic nitrogens is 2. The lowest BCUT2D eigenvalue weighted by Crippen LogP contribution is -2.42. The van der Waals surface area contributed by atoms with Crippen LogP contribution >= 0.6 is 0 Å². The standard InChI is InChI=1S/C12H19N5O/c1-3-13-11-8(2)12(16-7-15-11)17-9-4-5-10(18)14-6-9/h7,9H,3-6H2,1-2H3,(H,14,18)(H2,13,15,16,17). The first-order valence-corrected chi connectivity index (χ1v) is 6.29. The van der Waals surface area contributed by atoms with Gasteiger partial charge < -0.3 is 16.0 Å². The molecule has 1 aliphatic rings. The largest absolute Gasteiger partial charge is 0.370 e. The number of carbonyl (C=O) groups excluding carboxylic acids is 1. The van der Waals surface area contributed by atoms with Gasteiger partial charge in [0.1, 0.15) is 18.0 Å². The molecule has 0 aliphatic carbocycles. The molecule has 0 radical (unpaired) electrons.